The van der Waals surface area contributed by atoms with Crippen LogP contribution in [0, 0.1) is 5.92 Å². The first-order valence-corrected chi connectivity index (χ1v) is 6.58. The van der Waals surface area contributed by atoms with Crippen molar-refractivity contribution in [3.63, 3.8) is 0 Å². The third-order valence-electron chi connectivity index (χ3n) is 3.48. The van der Waals surface area contributed by atoms with E-state index in [0.29, 0.717) is 5.02 Å². The summed E-state index contributed by atoms with van der Waals surface area (Å²) in [7, 11) is 0. The molecule has 0 aromatic heterocycles. The Balaban J connectivity index is 2.25. The van der Waals surface area contributed by atoms with E-state index in [4.69, 9.17) is 11.6 Å². The first kappa shape index (κ1) is 12.4. The van der Waals surface area contributed by atoms with Crippen LogP contribution in [0.5, 0.6) is 0 Å². The minimum absolute atomic E-state index is 0.697. The maximum Gasteiger partial charge on any atom is 0.152 e. The van der Waals surface area contributed by atoms with Gasteiger partial charge in [-0.3, -0.25) is 4.79 Å². The lowest BCUT2D eigenvalue weighted by atomic mass is 10.0. The van der Waals surface area contributed by atoms with Gasteiger partial charge in [0.15, 0.2) is 6.29 Å². The summed E-state index contributed by atoms with van der Waals surface area (Å²) in [5, 5.41) is 0.697. The number of anilines is 1. The van der Waals surface area contributed by atoms with Crippen LogP contribution in [-0.2, 0) is 0 Å². The van der Waals surface area contributed by atoms with Crippen LogP contribution in [0.25, 0.3) is 0 Å². The van der Waals surface area contributed by atoms with Gasteiger partial charge in [0.05, 0.1) is 0 Å². The molecule has 1 aromatic carbocycles. The summed E-state index contributed by atoms with van der Waals surface area (Å²) >= 11 is 6.02. The quantitative estimate of drug-likeness (QED) is 0.746. The number of hydrogen-bond acceptors (Lipinski definition) is 2. The molecule has 0 bridgehead atoms. The van der Waals surface area contributed by atoms with Crippen molar-refractivity contribution in [3.05, 3.63) is 28.8 Å². The normalized spacial score (nSPS) is 21.1. The van der Waals surface area contributed by atoms with Crippen molar-refractivity contribution in [3.8, 4) is 0 Å². The van der Waals surface area contributed by atoms with Crippen molar-refractivity contribution in [2.45, 2.75) is 26.2 Å². The standard InChI is InChI=1S/C14H18ClNO/c1-11-3-2-7-16(8-6-11)14-9-13(15)5-4-12(14)10-17/h4-5,9-11H,2-3,6-8H2,1H3. The van der Waals surface area contributed by atoms with Gasteiger partial charge in [-0.15, -0.1) is 0 Å². The van der Waals surface area contributed by atoms with Crippen molar-refractivity contribution in [1.82, 2.24) is 0 Å². The summed E-state index contributed by atoms with van der Waals surface area (Å²) < 4.78 is 0. The molecular formula is C14H18ClNO. The van der Waals surface area contributed by atoms with Crippen LogP contribution < -0.4 is 4.90 Å². The smallest absolute Gasteiger partial charge is 0.152 e. The molecule has 3 heteroatoms. The molecule has 1 atom stereocenters. The maximum atomic E-state index is 11.1. The maximum absolute atomic E-state index is 11.1. The van der Waals surface area contributed by atoms with Crippen molar-refractivity contribution in [2.24, 2.45) is 5.92 Å². The number of nitrogens with zero attached hydrogens (tertiary/aromatic N) is 1. The van der Waals surface area contributed by atoms with Crippen molar-refractivity contribution in [2.75, 3.05) is 18.0 Å². The zero-order chi connectivity index (χ0) is 12.3. The molecule has 92 valence electrons. The number of benzene rings is 1. The third kappa shape index (κ3) is 3.01. The van der Waals surface area contributed by atoms with E-state index in [1.807, 2.05) is 6.07 Å². The van der Waals surface area contributed by atoms with Crippen LogP contribution in [0.4, 0.5) is 5.69 Å². The molecule has 1 heterocycles. The number of carbonyl (C=O) groups is 1. The van der Waals surface area contributed by atoms with Crippen molar-refractivity contribution >= 4 is 23.6 Å². The Hall–Kier alpha value is -1.02. The monoisotopic (exact) mass is 251 g/mol. The molecule has 1 aromatic rings. The fourth-order valence-corrected chi connectivity index (χ4v) is 2.56. The molecule has 2 nitrogen and oxygen atoms in total. The molecule has 0 aliphatic carbocycles. The van der Waals surface area contributed by atoms with Gasteiger partial charge in [-0.25, -0.2) is 0 Å². The van der Waals surface area contributed by atoms with Gasteiger partial charge in [0.1, 0.15) is 0 Å². The SMILES string of the molecule is CC1CCCN(c2cc(Cl)ccc2C=O)CC1. The van der Waals surface area contributed by atoms with Gasteiger partial charge in [0.2, 0.25) is 0 Å². The highest BCUT2D eigenvalue weighted by atomic mass is 35.5. The van der Waals surface area contributed by atoms with Gasteiger partial charge in [0, 0.05) is 29.4 Å². The summed E-state index contributed by atoms with van der Waals surface area (Å²) in [6.07, 6.45) is 4.56. The predicted octanol–water partition coefficient (Wildman–Crippen LogP) is 3.78. The third-order valence-corrected chi connectivity index (χ3v) is 3.71. The van der Waals surface area contributed by atoms with Crippen LogP contribution in [0.3, 0.4) is 0 Å². The minimum Gasteiger partial charge on any atom is -0.371 e. The highest BCUT2D eigenvalue weighted by Crippen LogP contribution is 2.27. The van der Waals surface area contributed by atoms with Gasteiger partial charge in [-0.2, -0.15) is 0 Å². The van der Waals surface area contributed by atoms with E-state index in [-0.39, 0.29) is 0 Å². The zero-order valence-electron chi connectivity index (χ0n) is 10.2. The Morgan fingerprint density at radius 3 is 2.94 bits per heavy atom. The van der Waals surface area contributed by atoms with Crippen LogP contribution in [0.2, 0.25) is 5.02 Å². The van der Waals surface area contributed by atoms with Gasteiger partial charge < -0.3 is 4.90 Å². The van der Waals surface area contributed by atoms with Gasteiger partial charge in [0.25, 0.3) is 0 Å². The molecule has 1 aliphatic rings. The highest BCUT2D eigenvalue weighted by Gasteiger charge is 2.16. The van der Waals surface area contributed by atoms with Crippen LogP contribution >= 0.6 is 11.6 Å². The van der Waals surface area contributed by atoms with E-state index < -0.39 is 0 Å². The van der Waals surface area contributed by atoms with E-state index >= 15 is 0 Å². The van der Waals surface area contributed by atoms with Crippen LogP contribution in [-0.4, -0.2) is 19.4 Å². The molecule has 0 amide bonds. The summed E-state index contributed by atoms with van der Waals surface area (Å²) in [5.74, 6) is 0.777. The first-order valence-electron chi connectivity index (χ1n) is 6.20. The number of halogens is 1. The van der Waals surface area contributed by atoms with Crippen LogP contribution in [0.1, 0.15) is 36.5 Å². The average molecular weight is 252 g/mol. The Kier molecular flexibility index (Phi) is 4.06. The Morgan fingerprint density at radius 1 is 1.35 bits per heavy atom. The van der Waals surface area contributed by atoms with Gasteiger partial charge in [-0.1, -0.05) is 18.5 Å². The Bertz CT molecular complexity index is 405. The number of hydrogen-bond donors (Lipinski definition) is 0. The summed E-state index contributed by atoms with van der Waals surface area (Å²) in [6.45, 7) is 4.33. The molecule has 1 aliphatic heterocycles. The zero-order valence-corrected chi connectivity index (χ0v) is 10.9. The molecule has 0 radical (unpaired) electrons. The predicted molar refractivity (Wildman–Crippen MR) is 72.1 cm³/mol. The molecule has 17 heavy (non-hydrogen) atoms. The molecular weight excluding hydrogens is 234 g/mol. The number of carbonyl (C=O) groups excluding carboxylic acids is 1. The van der Waals surface area contributed by atoms with Crippen molar-refractivity contribution in [1.29, 1.82) is 0 Å². The number of aldehydes is 1. The molecule has 1 saturated heterocycles. The van der Waals surface area contributed by atoms with E-state index in [9.17, 15) is 4.79 Å². The molecule has 1 unspecified atom stereocenters. The lowest BCUT2D eigenvalue weighted by Crippen LogP contribution is -2.25. The van der Waals surface area contributed by atoms with E-state index in [2.05, 4.69) is 11.8 Å². The second-order valence-corrected chi connectivity index (χ2v) is 5.28. The fourth-order valence-electron chi connectivity index (χ4n) is 2.39. The Labute approximate surface area is 108 Å². The lowest BCUT2D eigenvalue weighted by molar-refractivity contribution is 0.112. The largest absolute Gasteiger partial charge is 0.371 e. The lowest BCUT2D eigenvalue weighted by Gasteiger charge is -2.24. The molecule has 0 saturated carbocycles. The Morgan fingerprint density at radius 2 is 2.18 bits per heavy atom. The minimum atomic E-state index is 0.697. The van der Waals surface area contributed by atoms with E-state index in [1.54, 1.807) is 12.1 Å². The number of rotatable bonds is 2. The summed E-state index contributed by atoms with van der Waals surface area (Å²) in [5.41, 5.74) is 1.73. The summed E-state index contributed by atoms with van der Waals surface area (Å²) in [4.78, 5) is 13.4. The van der Waals surface area contributed by atoms with E-state index in [1.165, 1.54) is 19.3 Å². The van der Waals surface area contributed by atoms with Gasteiger partial charge in [-0.05, 0) is 43.4 Å². The van der Waals surface area contributed by atoms with Gasteiger partial charge >= 0.3 is 0 Å². The van der Waals surface area contributed by atoms with Crippen LogP contribution in [0.15, 0.2) is 18.2 Å². The molecule has 2 rings (SSSR count). The van der Waals surface area contributed by atoms with Crippen molar-refractivity contribution < 1.29 is 4.79 Å². The molecule has 0 N–H and O–H groups in total. The first-order chi connectivity index (χ1) is 8.20. The fraction of sp³-hybridized carbons (Fsp3) is 0.500. The van der Waals surface area contributed by atoms with E-state index in [0.717, 1.165) is 36.5 Å². The second kappa shape index (κ2) is 5.54. The second-order valence-electron chi connectivity index (χ2n) is 4.84. The highest BCUT2D eigenvalue weighted by molar-refractivity contribution is 6.31. The molecule has 0 spiro atoms. The average Bonchev–Trinajstić information content (AvgIpc) is 2.54. The molecule has 1 fully saturated rings. The topological polar surface area (TPSA) is 20.3 Å². The summed E-state index contributed by atoms with van der Waals surface area (Å²) in [6, 6.07) is 5.48.